The van der Waals surface area contributed by atoms with E-state index in [0.29, 0.717) is 0 Å². The number of H-pyrrole nitrogens is 1. The number of rotatable bonds is 3. The van der Waals surface area contributed by atoms with E-state index in [9.17, 15) is 0 Å². The number of aromatic nitrogens is 1. The molecule has 3 nitrogen and oxygen atoms in total. The van der Waals surface area contributed by atoms with Crippen LogP contribution in [-0.2, 0) is 10.2 Å². The van der Waals surface area contributed by atoms with Gasteiger partial charge in [0.15, 0.2) is 0 Å². The number of ether oxygens (including phenoxy) is 1. The van der Waals surface area contributed by atoms with Gasteiger partial charge in [0.25, 0.3) is 0 Å². The molecular weight excluding hydrogens is 236 g/mol. The molecule has 2 aromatic rings. The fraction of sp³-hybridized carbons (Fsp3) is 0.500. The van der Waals surface area contributed by atoms with Gasteiger partial charge in [-0.3, -0.25) is 0 Å². The maximum Gasteiger partial charge on any atom is 0.0586 e. The zero-order valence-electron chi connectivity index (χ0n) is 11.1. The number of benzene rings is 1. The molecule has 1 atom stereocenters. The predicted molar refractivity (Wildman–Crippen MR) is 76.4 cm³/mol. The first-order chi connectivity index (χ1) is 9.37. The van der Waals surface area contributed by atoms with Gasteiger partial charge in [-0.05, 0) is 43.5 Å². The number of fused-ring (bicyclic) bond motifs is 1. The van der Waals surface area contributed by atoms with E-state index >= 15 is 0 Å². The van der Waals surface area contributed by atoms with Crippen LogP contribution in [0, 0.1) is 5.92 Å². The van der Waals surface area contributed by atoms with Crippen molar-refractivity contribution in [2.75, 3.05) is 26.3 Å². The van der Waals surface area contributed by atoms with Gasteiger partial charge in [-0.15, -0.1) is 0 Å². The number of aromatic amines is 1. The second-order valence-electron chi connectivity index (χ2n) is 6.08. The Morgan fingerprint density at radius 2 is 2.16 bits per heavy atom. The number of nitrogens with one attached hydrogen (secondary N) is 2. The van der Waals surface area contributed by atoms with Crippen LogP contribution in [0.2, 0.25) is 0 Å². The molecule has 0 saturated carbocycles. The van der Waals surface area contributed by atoms with E-state index < -0.39 is 0 Å². The van der Waals surface area contributed by atoms with Gasteiger partial charge < -0.3 is 15.0 Å². The molecule has 3 heteroatoms. The van der Waals surface area contributed by atoms with Crippen molar-refractivity contribution in [3.8, 4) is 0 Å². The van der Waals surface area contributed by atoms with Crippen molar-refractivity contribution in [2.45, 2.75) is 18.3 Å². The Morgan fingerprint density at radius 3 is 2.89 bits per heavy atom. The van der Waals surface area contributed by atoms with Gasteiger partial charge in [-0.25, -0.2) is 0 Å². The standard InChI is InChI=1S/C16H20N2O/c1-2-4-15-13(3-1)14(9-18-15)16(10-19-11-16)7-12-5-6-17-8-12/h1-4,9,12,17-18H,5-8,10-11H2. The highest BCUT2D eigenvalue weighted by Gasteiger charge is 2.43. The zero-order valence-corrected chi connectivity index (χ0v) is 11.1. The molecule has 0 radical (unpaired) electrons. The van der Waals surface area contributed by atoms with Crippen molar-refractivity contribution >= 4 is 10.9 Å². The van der Waals surface area contributed by atoms with Crippen molar-refractivity contribution in [1.82, 2.24) is 10.3 Å². The van der Waals surface area contributed by atoms with Gasteiger partial charge in [-0.1, -0.05) is 18.2 Å². The van der Waals surface area contributed by atoms with Gasteiger partial charge in [0.2, 0.25) is 0 Å². The smallest absolute Gasteiger partial charge is 0.0586 e. The van der Waals surface area contributed by atoms with Crippen LogP contribution in [0.1, 0.15) is 18.4 Å². The average molecular weight is 256 g/mol. The molecule has 19 heavy (non-hydrogen) atoms. The lowest BCUT2D eigenvalue weighted by atomic mass is 9.72. The average Bonchev–Trinajstić information content (AvgIpc) is 3.03. The molecule has 100 valence electrons. The van der Waals surface area contributed by atoms with E-state index in [0.717, 1.165) is 19.1 Å². The molecule has 0 bridgehead atoms. The van der Waals surface area contributed by atoms with E-state index in [4.69, 9.17) is 4.74 Å². The summed E-state index contributed by atoms with van der Waals surface area (Å²) in [6.07, 6.45) is 4.77. The predicted octanol–water partition coefficient (Wildman–Crippen LogP) is 2.44. The van der Waals surface area contributed by atoms with Crippen molar-refractivity contribution < 1.29 is 4.74 Å². The molecule has 0 aliphatic carbocycles. The summed E-state index contributed by atoms with van der Waals surface area (Å²) in [7, 11) is 0. The summed E-state index contributed by atoms with van der Waals surface area (Å²) >= 11 is 0. The maximum absolute atomic E-state index is 5.59. The van der Waals surface area contributed by atoms with Crippen LogP contribution in [0.25, 0.3) is 10.9 Å². The molecule has 1 aromatic carbocycles. The normalized spacial score (nSPS) is 25.6. The minimum absolute atomic E-state index is 0.246. The summed E-state index contributed by atoms with van der Waals surface area (Å²) in [6, 6.07) is 8.61. The van der Waals surface area contributed by atoms with Gasteiger partial charge in [0.05, 0.1) is 13.2 Å². The summed E-state index contributed by atoms with van der Waals surface area (Å²) in [5.41, 5.74) is 2.95. The van der Waals surface area contributed by atoms with E-state index in [1.165, 1.54) is 42.4 Å². The molecule has 0 spiro atoms. The second kappa shape index (κ2) is 4.36. The molecule has 2 saturated heterocycles. The molecular formula is C16H20N2O. The Hall–Kier alpha value is -1.32. The van der Waals surface area contributed by atoms with Crippen LogP contribution in [0.15, 0.2) is 30.5 Å². The third-order valence-corrected chi connectivity index (χ3v) is 4.76. The summed E-state index contributed by atoms with van der Waals surface area (Å²) in [5, 5.41) is 4.85. The van der Waals surface area contributed by atoms with Crippen LogP contribution < -0.4 is 5.32 Å². The van der Waals surface area contributed by atoms with Gasteiger partial charge in [0.1, 0.15) is 0 Å². The Kier molecular flexibility index (Phi) is 2.64. The Bertz CT molecular complexity index is 579. The van der Waals surface area contributed by atoms with Gasteiger partial charge in [-0.2, -0.15) is 0 Å². The summed E-state index contributed by atoms with van der Waals surface area (Å²) < 4.78 is 5.59. The molecule has 1 unspecified atom stereocenters. The number of para-hydroxylation sites is 1. The Balaban J connectivity index is 1.71. The van der Waals surface area contributed by atoms with Crippen LogP contribution in [0.5, 0.6) is 0 Å². The first-order valence-corrected chi connectivity index (χ1v) is 7.22. The SMILES string of the molecule is c1ccc2c(C3(CC4CCNC4)COC3)c[nH]c2c1. The topological polar surface area (TPSA) is 37.0 Å². The quantitative estimate of drug-likeness (QED) is 0.885. The highest BCUT2D eigenvalue weighted by atomic mass is 16.5. The largest absolute Gasteiger partial charge is 0.379 e. The van der Waals surface area contributed by atoms with E-state index in [-0.39, 0.29) is 5.41 Å². The molecule has 1 aromatic heterocycles. The van der Waals surface area contributed by atoms with Crippen molar-refractivity contribution in [3.05, 3.63) is 36.0 Å². The van der Waals surface area contributed by atoms with Crippen LogP contribution >= 0.6 is 0 Å². The molecule has 2 fully saturated rings. The fourth-order valence-electron chi connectivity index (χ4n) is 3.68. The lowest BCUT2D eigenvalue weighted by molar-refractivity contribution is -0.0698. The van der Waals surface area contributed by atoms with Gasteiger partial charge >= 0.3 is 0 Å². The van der Waals surface area contributed by atoms with Crippen LogP contribution in [0.3, 0.4) is 0 Å². The third-order valence-electron chi connectivity index (χ3n) is 4.76. The second-order valence-corrected chi connectivity index (χ2v) is 6.08. The van der Waals surface area contributed by atoms with E-state index in [2.05, 4.69) is 40.8 Å². The lowest BCUT2D eigenvalue weighted by Crippen LogP contribution is -2.48. The molecule has 3 heterocycles. The molecule has 2 aliphatic rings. The zero-order chi connectivity index (χ0) is 12.7. The monoisotopic (exact) mass is 256 g/mol. The van der Waals surface area contributed by atoms with Crippen LogP contribution in [-0.4, -0.2) is 31.3 Å². The molecule has 2 N–H and O–H groups in total. The number of hydrogen-bond donors (Lipinski definition) is 2. The van der Waals surface area contributed by atoms with Gasteiger partial charge in [0, 0.05) is 22.5 Å². The van der Waals surface area contributed by atoms with E-state index in [1.807, 2.05) is 0 Å². The molecule has 2 aliphatic heterocycles. The van der Waals surface area contributed by atoms with Crippen LogP contribution in [0.4, 0.5) is 0 Å². The summed E-state index contributed by atoms with van der Waals surface area (Å²) in [4.78, 5) is 3.42. The highest BCUT2D eigenvalue weighted by molar-refractivity contribution is 5.84. The van der Waals surface area contributed by atoms with Crippen molar-refractivity contribution in [1.29, 1.82) is 0 Å². The lowest BCUT2D eigenvalue weighted by Gasteiger charge is -2.43. The van der Waals surface area contributed by atoms with E-state index in [1.54, 1.807) is 0 Å². The summed E-state index contributed by atoms with van der Waals surface area (Å²) in [6.45, 7) is 4.11. The maximum atomic E-state index is 5.59. The third kappa shape index (κ3) is 1.80. The van der Waals surface area contributed by atoms with Crippen molar-refractivity contribution in [3.63, 3.8) is 0 Å². The minimum atomic E-state index is 0.246. The first-order valence-electron chi connectivity index (χ1n) is 7.22. The summed E-state index contributed by atoms with van der Waals surface area (Å²) in [5.74, 6) is 0.803. The minimum Gasteiger partial charge on any atom is -0.379 e. The Labute approximate surface area is 113 Å². The fourth-order valence-corrected chi connectivity index (χ4v) is 3.68. The molecule has 0 amide bonds. The number of hydrogen-bond acceptors (Lipinski definition) is 2. The first kappa shape index (κ1) is 11.5. The molecule has 4 rings (SSSR count). The highest BCUT2D eigenvalue weighted by Crippen LogP contribution is 2.42. The van der Waals surface area contributed by atoms with Crippen molar-refractivity contribution in [2.24, 2.45) is 5.92 Å². The Morgan fingerprint density at radius 1 is 1.26 bits per heavy atom.